The summed E-state index contributed by atoms with van der Waals surface area (Å²) in [4.78, 5) is 33.2. The van der Waals surface area contributed by atoms with Gasteiger partial charge in [0.25, 0.3) is 5.91 Å². The van der Waals surface area contributed by atoms with Gasteiger partial charge in [0.2, 0.25) is 5.91 Å². The fourth-order valence-corrected chi connectivity index (χ4v) is 4.66. The number of rotatable bonds is 4. The van der Waals surface area contributed by atoms with Crippen LogP contribution in [0.4, 0.5) is 0 Å². The van der Waals surface area contributed by atoms with Crippen LogP contribution in [0.2, 0.25) is 0 Å². The first-order chi connectivity index (χ1) is 13.7. The van der Waals surface area contributed by atoms with Gasteiger partial charge in [-0.2, -0.15) is 0 Å². The van der Waals surface area contributed by atoms with Crippen LogP contribution >= 0.6 is 0 Å². The fraction of sp³-hybridized carbons (Fsp3) is 0.667. The summed E-state index contributed by atoms with van der Waals surface area (Å²) >= 11 is 0. The Labute approximate surface area is 166 Å². The molecule has 2 amide bonds. The highest BCUT2D eigenvalue weighted by Crippen LogP contribution is 2.40. The summed E-state index contributed by atoms with van der Waals surface area (Å²) in [6.07, 6.45) is 7.63. The van der Waals surface area contributed by atoms with Crippen molar-refractivity contribution >= 4 is 11.8 Å². The predicted molar refractivity (Wildman–Crippen MR) is 105 cm³/mol. The lowest BCUT2D eigenvalue weighted by molar-refractivity contribution is -0.150. The lowest BCUT2D eigenvalue weighted by Crippen LogP contribution is -2.55. The van der Waals surface area contributed by atoms with Gasteiger partial charge in [0, 0.05) is 58.1 Å². The second kappa shape index (κ2) is 8.57. The largest absolute Gasteiger partial charge is 0.366 e. The highest BCUT2D eigenvalue weighted by atomic mass is 16.5. The van der Waals surface area contributed by atoms with Gasteiger partial charge in [-0.15, -0.1) is 0 Å². The van der Waals surface area contributed by atoms with Crippen molar-refractivity contribution in [2.45, 2.75) is 38.2 Å². The number of amides is 2. The molecule has 0 bridgehead atoms. The molecule has 1 spiro atoms. The zero-order chi connectivity index (χ0) is 19.4. The molecular formula is C21H30N4O3. The van der Waals surface area contributed by atoms with Crippen molar-refractivity contribution in [2.75, 3.05) is 45.9 Å². The van der Waals surface area contributed by atoms with E-state index in [1.165, 1.54) is 5.56 Å². The van der Waals surface area contributed by atoms with Gasteiger partial charge in [-0.1, -0.05) is 0 Å². The molecule has 4 heterocycles. The van der Waals surface area contributed by atoms with E-state index < -0.39 is 0 Å². The van der Waals surface area contributed by atoms with Crippen LogP contribution in [-0.2, 0) is 20.7 Å². The van der Waals surface area contributed by atoms with Crippen LogP contribution in [-0.4, -0.2) is 78.6 Å². The summed E-state index contributed by atoms with van der Waals surface area (Å²) in [5.74, 6) is 0.378. The first-order valence-corrected chi connectivity index (χ1v) is 10.4. The summed E-state index contributed by atoms with van der Waals surface area (Å²) in [6, 6.07) is 4.02. The van der Waals surface area contributed by atoms with E-state index in [0.29, 0.717) is 19.6 Å². The minimum Gasteiger partial charge on any atom is -0.366 e. The molecule has 152 valence electrons. The maximum atomic E-state index is 12.7. The van der Waals surface area contributed by atoms with Crippen molar-refractivity contribution in [1.82, 2.24) is 20.1 Å². The molecule has 3 fully saturated rings. The number of hydrogen-bond donors (Lipinski definition) is 1. The molecule has 1 N–H and O–H groups in total. The highest BCUT2D eigenvalue weighted by Gasteiger charge is 2.42. The Bertz CT molecular complexity index is 682. The number of piperidine rings is 2. The predicted octanol–water partition coefficient (Wildman–Crippen LogP) is 0.844. The number of ether oxygens (including phenoxy) is 1. The number of nitrogens with zero attached hydrogens (tertiary/aromatic N) is 3. The average molecular weight is 386 g/mol. The van der Waals surface area contributed by atoms with E-state index in [4.69, 9.17) is 4.74 Å². The van der Waals surface area contributed by atoms with Crippen LogP contribution in [0.5, 0.6) is 0 Å². The molecule has 4 rings (SSSR count). The van der Waals surface area contributed by atoms with Crippen molar-refractivity contribution in [1.29, 1.82) is 0 Å². The van der Waals surface area contributed by atoms with Crippen LogP contribution in [0.15, 0.2) is 24.5 Å². The Morgan fingerprint density at radius 2 is 2.04 bits per heavy atom. The molecule has 1 aromatic rings. The third-order valence-corrected chi connectivity index (χ3v) is 6.51. The second-order valence-electron chi connectivity index (χ2n) is 8.31. The highest BCUT2D eigenvalue weighted by molar-refractivity contribution is 5.81. The molecule has 3 aliphatic heterocycles. The molecule has 0 aromatic carbocycles. The normalized spacial score (nSPS) is 25.1. The molecular weight excluding hydrogens is 356 g/mol. The molecule has 1 atom stereocenters. The van der Waals surface area contributed by atoms with Gasteiger partial charge in [0.1, 0.15) is 6.10 Å². The van der Waals surface area contributed by atoms with Gasteiger partial charge < -0.3 is 19.9 Å². The fourth-order valence-electron chi connectivity index (χ4n) is 4.66. The summed E-state index contributed by atoms with van der Waals surface area (Å²) < 4.78 is 5.62. The van der Waals surface area contributed by atoms with Gasteiger partial charge in [-0.25, -0.2) is 0 Å². The number of nitrogens with one attached hydrogen (secondary N) is 1. The number of carbonyl (C=O) groups excluding carboxylic acids is 2. The minimum absolute atomic E-state index is 0.114. The number of pyridine rings is 1. The summed E-state index contributed by atoms with van der Waals surface area (Å²) in [5.41, 5.74) is 1.37. The first-order valence-electron chi connectivity index (χ1n) is 10.4. The minimum atomic E-state index is -0.340. The third kappa shape index (κ3) is 4.36. The standard InChI is InChI=1S/C21H30N4O3/c26-19-1-5-21(16-25(19)11-4-17-2-8-22-9-3-17)6-12-24(13-7-21)20(27)18-15-23-10-14-28-18/h2-3,8-9,18,23H,1,4-7,10-16H2/t18-/m0/s1. The first kappa shape index (κ1) is 19.3. The average Bonchev–Trinajstić information content (AvgIpc) is 2.76. The molecule has 0 unspecified atom stereocenters. The molecule has 28 heavy (non-hydrogen) atoms. The SMILES string of the molecule is O=C1CCC2(CCN(C(=O)[C@@H]3CNCCO3)CC2)CN1CCc1ccncc1. The monoisotopic (exact) mass is 386 g/mol. The van der Waals surface area contributed by atoms with Crippen LogP contribution < -0.4 is 5.32 Å². The van der Waals surface area contributed by atoms with Gasteiger partial charge in [-0.3, -0.25) is 14.6 Å². The van der Waals surface area contributed by atoms with Crippen molar-refractivity contribution in [3.05, 3.63) is 30.1 Å². The Hall–Kier alpha value is -1.99. The molecule has 0 radical (unpaired) electrons. The number of carbonyl (C=O) groups is 2. The van der Waals surface area contributed by atoms with Crippen molar-refractivity contribution in [3.8, 4) is 0 Å². The van der Waals surface area contributed by atoms with Gasteiger partial charge in [-0.05, 0) is 48.8 Å². The summed E-state index contributed by atoms with van der Waals surface area (Å²) in [7, 11) is 0. The molecule has 0 aliphatic carbocycles. The van der Waals surface area contributed by atoms with Crippen LogP contribution in [0, 0.1) is 5.41 Å². The molecule has 3 saturated heterocycles. The van der Waals surface area contributed by atoms with Crippen molar-refractivity contribution in [3.63, 3.8) is 0 Å². The Morgan fingerprint density at radius 3 is 2.75 bits per heavy atom. The number of likely N-dealkylation sites (tertiary alicyclic amines) is 2. The summed E-state index contributed by atoms with van der Waals surface area (Å²) in [5, 5.41) is 3.23. The Balaban J connectivity index is 1.31. The quantitative estimate of drug-likeness (QED) is 0.830. The Kier molecular flexibility index (Phi) is 5.92. The smallest absolute Gasteiger partial charge is 0.253 e. The van der Waals surface area contributed by atoms with Gasteiger partial charge >= 0.3 is 0 Å². The van der Waals surface area contributed by atoms with Crippen LogP contribution in [0.1, 0.15) is 31.2 Å². The summed E-state index contributed by atoms with van der Waals surface area (Å²) in [6.45, 7) is 5.14. The van der Waals surface area contributed by atoms with Gasteiger partial charge in [0.15, 0.2) is 0 Å². The van der Waals surface area contributed by atoms with Crippen molar-refractivity contribution < 1.29 is 14.3 Å². The van der Waals surface area contributed by atoms with Gasteiger partial charge in [0.05, 0.1) is 6.61 Å². The zero-order valence-corrected chi connectivity index (χ0v) is 16.4. The number of morpholine rings is 1. The zero-order valence-electron chi connectivity index (χ0n) is 16.4. The van der Waals surface area contributed by atoms with E-state index >= 15 is 0 Å². The van der Waals surface area contributed by atoms with E-state index in [1.54, 1.807) is 12.4 Å². The van der Waals surface area contributed by atoms with E-state index in [1.807, 2.05) is 21.9 Å². The van der Waals surface area contributed by atoms with Crippen LogP contribution in [0.25, 0.3) is 0 Å². The Morgan fingerprint density at radius 1 is 1.25 bits per heavy atom. The molecule has 3 aliphatic rings. The molecule has 7 nitrogen and oxygen atoms in total. The van der Waals surface area contributed by atoms with Crippen LogP contribution in [0.3, 0.4) is 0 Å². The van der Waals surface area contributed by atoms with E-state index in [2.05, 4.69) is 10.3 Å². The van der Waals surface area contributed by atoms with Crippen molar-refractivity contribution in [2.24, 2.45) is 5.41 Å². The molecule has 1 aromatic heterocycles. The molecule has 0 saturated carbocycles. The molecule has 7 heteroatoms. The van der Waals surface area contributed by atoms with E-state index in [0.717, 1.165) is 58.4 Å². The third-order valence-electron chi connectivity index (χ3n) is 6.51. The second-order valence-corrected chi connectivity index (χ2v) is 8.31. The van der Waals surface area contributed by atoms with E-state index in [9.17, 15) is 9.59 Å². The topological polar surface area (TPSA) is 74.8 Å². The maximum absolute atomic E-state index is 12.7. The number of hydrogen-bond acceptors (Lipinski definition) is 5. The lowest BCUT2D eigenvalue weighted by Gasteiger charge is -2.48. The lowest BCUT2D eigenvalue weighted by atomic mass is 9.72. The van der Waals surface area contributed by atoms with E-state index in [-0.39, 0.29) is 23.3 Å². The maximum Gasteiger partial charge on any atom is 0.253 e. The number of aromatic nitrogens is 1.